The summed E-state index contributed by atoms with van der Waals surface area (Å²) in [6.45, 7) is 4.81. The zero-order valence-electron chi connectivity index (χ0n) is 17.9. The average Bonchev–Trinajstić information content (AvgIpc) is 2.73. The molecule has 1 heterocycles. The Kier molecular flexibility index (Phi) is 7.67. The lowest BCUT2D eigenvalue weighted by atomic mass is 9.97. The van der Waals surface area contributed by atoms with Crippen LogP contribution in [0.25, 0.3) is 0 Å². The van der Waals surface area contributed by atoms with Crippen LogP contribution >= 0.6 is 0 Å². The molecule has 1 saturated heterocycles. The number of nitrogens with one attached hydrogen (secondary N) is 1. The lowest BCUT2D eigenvalue weighted by Gasteiger charge is -2.30. The van der Waals surface area contributed by atoms with Crippen LogP contribution in [-0.2, 0) is 27.1 Å². The molecule has 0 spiro atoms. The quantitative estimate of drug-likeness (QED) is 0.671. The summed E-state index contributed by atoms with van der Waals surface area (Å²) in [4.78, 5) is 12.6. The molecule has 0 aromatic heterocycles. The van der Waals surface area contributed by atoms with E-state index in [0.29, 0.717) is 19.4 Å². The van der Waals surface area contributed by atoms with Crippen molar-refractivity contribution in [2.45, 2.75) is 45.1 Å². The van der Waals surface area contributed by atoms with E-state index in [1.165, 1.54) is 22.5 Å². The van der Waals surface area contributed by atoms with Gasteiger partial charge < -0.3 is 10.1 Å². The van der Waals surface area contributed by atoms with Gasteiger partial charge in [0.1, 0.15) is 11.6 Å². The molecule has 8 heteroatoms. The zero-order chi connectivity index (χ0) is 22.4. The van der Waals surface area contributed by atoms with Gasteiger partial charge in [-0.05, 0) is 50.5 Å². The molecule has 0 unspecified atom stereocenters. The van der Waals surface area contributed by atoms with Crippen molar-refractivity contribution in [2.24, 2.45) is 5.92 Å². The van der Waals surface area contributed by atoms with Gasteiger partial charge in [0.2, 0.25) is 15.9 Å². The highest BCUT2D eigenvalue weighted by Crippen LogP contribution is 2.23. The molecule has 0 radical (unpaired) electrons. The first-order valence-electron chi connectivity index (χ1n) is 10.5. The fraction of sp³-hybridized carbons (Fsp3) is 0.435. The van der Waals surface area contributed by atoms with E-state index in [-0.39, 0.29) is 42.3 Å². The monoisotopic (exact) mass is 448 g/mol. The summed E-state index contributed by atoms with van der Waals surface area (Å²) in [5, 5.41) is 2.94. The Morgan fingerprint density at radius 1 is 1.16 bits per heavy atom. The highest BCUT2D eigenvalue weighted by molar-refractivity contribution is 7.88. The van der Waals surface area contributed by atoms with E-state index in [1.807, 2.05) is 38.1 Å². The molecule has 31 heavy (non-hydrogen) atoms. The molecule has 0 saturated carbocycles. The number of hydrogen-bond acceptors (Lipinski definition) is 4. The highest BCUT2D eigenvalue weighted by atomic mass is 32.2. The topological polar surface area (TPSA) is 75.7 Å². The van der Waals surface area contributed by atoms with Crippen molar-refractivity contribution >= 4 is 15.9 Å². The van der Waals surface area contributed by atoms with Gasteiger partial charge in [-0.15, -0.1) is 0 Å². The Hall–Kier alpha value is -2.45. The largest absolute Gasteiger partial charge is 0.491 e. The van der Waals surface area contributed by atoms with Crippen molar-refractivity contribution < 1.29 is 22.3 Å². The number of halogens is 1. The maximum atomic E-state index is 13.8. The minimum atomic E-state index is -3.63. The molecule has 1 amide bonds. The third-order valence-corrected chi connectivity index (χ3v) is 7.08. The predicted molar refractivity (Wildman–Crippen MR) is 117 cm³/mol. The van der Waals surface area contributed by atoms with E-state index in [1.54, 1.807) is 6.07 Å². The average molecular weight is 449 g/mol. The number of carbonyl (C=O) groups excluding carboxylic acids is 1. The molecule has 2 aromatic carbocycles. The van der Waals surface area contributed by atoms with Crippen molar-refractivity contribution in [1.82, 2.24) is 9.62 Å². The lowest BCUT2D eigenvalue weighted by molar-refractivity contribution is -0.126. The van der Waals surface area contributed by atoms with Crippen molar-refractivity contribution in [3.8, 4) is 5.75 Å². The summed E-state index contributed by atoms with van der Waals surface area (Å²) >= 11 is 0. The smallest absolute Gasteiger partial charge is 0.223 e. The standard InChI is InChI=1S/C23H29FN2O4S/c1-17(2)30-21-8-5-6-18(14-21)15-25-23(27)19-10-12-26(13-11-19)31(28,29)16-20-7-3-4-9-22(20)24/h3-9,14,17,19H,10-13,15-16H2,1-2H3,(H,25,27). The Labute approximate surface area is 183 Å². The number of benzene rings is 2. The second-order valence-corrected chi connectivity index (χ2v) is 10.0. The minimum absolute atomic E-state index is 0.0738. The molecule has 0 atom stereocenters. The van der Waals surface area contributed by atoms with E-state index in [9.17, 15) is 17.6 Å². The number of rotatable bonds is 8. The predicted octanol–water partition coefficient (Wildman–Crippen LogP) is 3.47. The summed E-state index contributed by atoms with van der Waals surface area (Å²) < 4.78 is 46.2. The molecule has 168 valence electrons. The summed E-state index contributed by atoms with van der Waals surface area (Å²) in [6, 6.07) is 13.5. The highest BCUT2D eigenvalue weighted by Gasteiger charge is 2.31. The molecule has 1 N–H and O–H groups in total. The number of piperidine rings is 1. The summed E-state index contributed by atoms with van der Waals surface area (Å²) in [6.07, 6.45) is 0.960. The van der Waals surface area contributed by atoms with Gasteiger partial charge in [0.25, 0.3) is 0 Å². The molecule has 2 aromatic rings. The van der Waals surface area contributed by atoms with Crippen LogP contribution in [0.1, 0.15) is 37.8 Å². The Bertz CT molecular complexity index is 1000. The Morgan fingerprint density at radius 2 is 1.87 bits per heavy atom. The van der Waals surface area contributed by atoms with E-state index >= 15 is 0 Å². The Balaban J connectivity index is 1.50. The fourth-order valence-electron chi connectivity index (χ4n) is 3.63. The molecular formula is C23H29FN2O4S. The second-order valence-electron chi connectivity index (χ2n) is 8.05. The number of carbonyl (C=O) groups is 1. The van der Waals surface area contributed by atoms with Crippen LogP contribution < -0.4 is 10.1 Å². The zero-order valence-corrected chi connectivity index (χ0v) is 18.7. The lowest BCUT2D eigenvalue weighted by Crippen LogP contribution is -2.43. The van der Waals surface area contributed by atoms with E-state index in [2.05, 4.69) is 5.32 Å². The van der Waals surface area contributed by atoms with E-state index < -0.39 is 15.8 Å². The van der Waals surface area contributed by atoms with Gasteiger partial charge in [-0.25, -0.2) is 17.1 Å². The maximum Gasteiger partial charge on any atom is 0.223 e. The molecular weight excluding hydrogens is 419 g/mol. The van der Waals surface area contributed by atoms with Gasteiger partial charge in [0.05, 0.1) is 11.9 Å². The van der Waals surface area contributed by atoms with Gasteiger partial charge in [0, 0.05) is 31.1 Å². The number of ether oxygens (including phenoxy) is 1. The van der Waals surface area contributed by atoms with Crippen molar-refractivity contribution in [1.29, 1.82) is 0 Å². The summed E-state index contributed by atoms with van der Waals surface area (Å²) in [7, 11) is -3.63. The van der Waals surface area contributed by atoms with E-state index in [0.717, 1.165) is 11.3 Å². The van der Waals surface area contributed by atoms with Crippen LogP contribution in [-0.4, -0.2) is 37.8 Å². The molecule has 0 bridgehead atoms. The first-order chi connectivity index (χ1) is 14.7. The van der Waals surface area contributed by atoms with Crippen LogP contribution in [0.2, 0.25) is 0 Å². The van der Waals surface area contributed by atoms with Crippen LogP contribution in [0.15, 0.2) is 48.5 Å². The first-order valence-corrected chi connectivity index (χ1v) is 12.1. The first kappa shape index (κ1) is 23.2. The number of sulfonamides is 1. The molecule has 6 nitrogen and oxygen atoms in total. The normalized spacial score (nSPS) is 15.7. The van der Waals surface area contributed by atoms with Gasteiger partial charge >= 0.3 is 0 Å². The maximum absolute atomic E-state index is 13.8. The number of hydrogen-bond donors (Lipinski definition) is 1. The second kappa shape index (κ2) is 10.2. The van der Waals surface area contributed by atoms with Crippen molar-refractivity contribution in [3.05, 3.63) is 65.5 Å². The van der Waals surface area contributed by atoms with Gasteiger partial charge in [-0.3, -0.25) is 4.79 Å². The molecule has 0 aliphatic carbocycles. The molecule has 1 aliphatic rings. The van der Waals surface area contributed by atoms with Crippen LogP contribution in [0.5, 0.6) is 5.75 Å². The van der Waals surface area contributed by atoms with Gasteiger partial charge in [0.15, 0.2) is 0 Å². The minimum Gasteiger partial charge on any atom is -0.491 e. The third-order valence-electron chi connectivity index (χ3n) is 5.25. The van der Waals surface area contributed by atoms with Crippen LogP contribution in [0.4, 0.5) is 4.39 Å². The van der Waals surface area contributed by atoms with Gasteiger partial charge in [-0.2, -0.15) is 0 Å². The third kappa shape index (κ3) is 6.51. The fourth-order valence-corrected chi connectivity index (χ4v) is 5.21. The number of amides is 1. The van der Waals surface area contributed by atoms with E-state index in [4.69, 9.17) is 4.74 Å². The SMILES string of the molecule is CC(C)Oc1cccc(CNC(=O)C2CCN(S(=O)(=O)Cc3ccccc3F)CC2)c1. The summed E-state index contributed by atoms with van der Waals surface area (Å²) in [5.74, 6) is -0.458. The van der Waals surface area contributed by atoms with Crippen molar-refractivity contribution in [2.75, 3.05) is 13.1 Å². The molecule has 1 aliphatic heterocycles. The summed E-state index contributed by atoms with van der Waals surface area (Å²) in [5.41, 5.74) is 1.10. The van der Waals surface area contributed by atoms with Gasteiger partial charge in [-0.1, -0.05) is 30.3 Å². The van der Waals surface area contributed by atoms with Crippen LogP contribution in [0, 0.1) is 11.7 Å². The van der Waals surface area contributed by atoms with Crippen molar-refractivity contribution in [3.63, 3.8) is 0 Å². The Morgan fingerprint density at radius 3 is 2.55 bits per heavy atom. The molecule has 3 rings (SSSR count). The molecule has 1 fully saturated rings. The number of nitrogens with zero attached hydrogens (tertiary/aromatic N) is 1. The van der Waals surface area contributed by atoms with Crippen LogP contribution in [0.3, 0.4) is 0 Å².